The van der Waals surface area contributed by atoms with Gasteiger partial charge in [-0.25, -0.2) is 4.98 Å². The zero-order valence-electron chi connectivity index (χ0n) is 13.2. The highest BCUT2D eigenvalue weighted by Crippen LogP contribution is 2.18. The number of H-pyrrole nitrogens is 1. The lowest BCUT2D eigenvalue weighted by Crippen LogP contribution is -2.46. The first-order valence-corrected chi connectivity index (χ1v) is 7.40. The highest BCUT2D eigenvalue weighted by atomic mass is 16.2. The third-order valence-electron chi connectivity index (χ3n) is 3.36. The number of amides is 2. The first kappa shape index (κ1) is 16.7. The van der Waals surface area contributed by atoms with Crippen LogP contribution < -0.4 is 16.4 Å². The number of carbonyl (C=O) groups is 2. The van der Waals surface area contributed by atoms with E-state index in [0.29, 0.717) is 5.69 Å². The molecule has 0 unspecified atom stereocenters. The number of aromatic amines is 1. The molecule has 1 aromatic heterocycles. The number of rotatable bonds is 6. The first-order valence-electron chi connectivity index (χ1n) is 7.40. The zero-order valence-corrected chi connectivity index (χ0v) is 13.2. The summed E-state index contributed by atoms with van der Waals surface area (Å²) in [6, 6.07) is 6.66. The highest BCUT2D eigenvalue weighted by molar-refractivity contribution is 5.95. The SMILES string of the molecule is CC(C)[C@H](N)C(=O)NCC(=O)Nc1cccc(-c2ncc[nH]2)c1. The van der Waals surface area contributed by atoms with Crippen molar-refractivity contribution in [1.29, 1.82) is 0 Å². The maximum atomic E-state index is 11.9. The van der Waals surface area contributed by atoms with Gasteiger partial charge in [0.15, 0.2) is 0 Å². The molecule has 1 atom stereocenters. The highest BCUT2D eigenvalue weighted by Gasteiger charge is 2.17. The van der Waals surface area contributed by atoms with Crippen molar-refractivity contribution >= 4 is 17.5 Å². The zero-order chi connectivity index (χ0) is 16.8. The molecule has 0 bridgehead atoms. The van der Waals surface area contributed by atoms with E-state index in [1.165, 1.54) is 0 Å². The second kappa shape index (κ2) is 7.55. The fraction of sp³-hybridized carbons (Fsp3) is 0.312. The van der Waals surface area contributed by atoms with E-state index in [0.717, 1.165) is 11.4 Å². The van der Waals surface area contributed by atoms with E-state index in [4.69, 9.17) is 5.73 Å². The second-order valence-corrected chi connectivity index (χ2v) is 5.55. The van der Waals surface area contributed by atoms with Crippen molar-refractivity contribution in [2.75, 3.05) is 11.9 Å². The lowest BCUT2D eigenvalue weighted by atomic mass is 10.1. The maximum Gasteiger partial charge on any atom is 0.243 e. The Morgan fingerprint density at radius 2 is 2.13 bits per heavy atom. The van der Waals surface area contributed by atoms with E-state index >= 15 is 0 Å². The van der Waals surface area contributed by atoms with Gasteiger partial charge in [0, 0.05) is 23.6 Å². The van der Waals surface area contributed by atoms with Gasteiger partial charge in [-0.05, 0) is 18.1 Å². The minimum atomic E-state index is -0.620. The van der Waals surface area contributed by atoms with E-state index in [1.54, 1.807) is 24.5 Å². The van der Waals surface area contributed by atoms with Crippen LogP contribution in [0.15, 0.2) is 36.7 Å². The molecule has 0 aliphatic heterocycles. The van der Waals surface area contributed by atoms with E-state index in [2.05, 4.69) is 20.6 Å². The van der Waals surface area contributed by atoms with Gasteiger partial charge >= 0.3 is 0 Å². The molecule has 0 aliphatic rings. The molecular weight excluding hydrogens is 294 g/mol. The number of hydrogen-bond acceptors (Lipinski definition) is 4. The van der Waals surface area contributed by atoms with Crippen LogP contribution in [0.5, 0.6) is 0 Å². The summed E-state index contributed by atoms with van der Waals surface area (Å²) in [5.74, 6) is 0.0886. The summed E-state index contributed by atoms with van der Waals surface area (Å²) >= 11 is 0. The number of anilines is 1. The minimum Gasteiger partial charge on any atom is -0.346 e. The van der Waals surface area contributed by atoms with Crippen LogP contribution in [0.3, 0.4) is 0 Å². The Labute approximate surface area is 134 Å². The molecule has 0 radical (unpaired) electrons. The Balaban J connectivity index is 1.91. The van der Waals surface area contributed by atoms with Gasteiger partial charge in [0.2, 0.25) is 11.8 Å². The van der Waals surface area contributed by atoms with Crippen molar-refractivity contribution in [1.82, 2.24) is 15.3 Å². The van der Waals surface area contributed by atoms with Gasteiger partial charge in [-0.3, -0.25) is 9.59 Å². The quantitative estimate of drug-likeness (QED) is 0.639. The molecule has 0 fully saturated rings. The van der Waals surface area contributed by atoms with Crippen LogP contribution in [0.1, 0.15) is 13.8 Å². The van der Waals surface area contributed by atoms with Crippen molar-refractivity contribution in [3.8, 4) is 11.4 Å². The van der Waals surface area contributed by atoms with Crippen LogP contribution in [0, 0.1) is 5.92 Å². The summed E-state index contributed by atoms with van der Waals surface area (Å²) in [7, 11) is 0. The first-order chi connectivity index (χ1) is 11.0. The normalized spacial score (nSPS) is 12.0. The predicted molar refractivity (Wildman–Crippen MR) is 88.5 cm³/mol. The summed E-state index contributed by atoms with van der Waals surface area (Å²) in [6.07, 6.45) is 3.39. The average molecular weight is 315 g/mol. The summed E-state index contributed by atoms with van der Waals surface area (Å²) in [5, 5.41) is 5.26. The Morgan fingerprint density at radius 1 is 1.35 bits per heavy atom. The standard InChI is InChI=1S/C16H21N5O2/c1-10(2)14(17)16(23)20-9-13(22)21-12-5-3-4-11(8-12)15-18-6-7-19-15/h3-8,10,14H,9,17H2,1-2H3,(H,18,19)(H,20,23)(H,21,22)/t14-/m0/s1. The summed E-state index contributed by atoms with van der Waals surface area (Å²) in [5.41, 5.74) is 7.21. The van der Waals surface area contributed by atoms with Crippen LogP contribution >= 0.6 is 0 Å². The average Bonchev–Trinajstić information content (AvgIpc) is 3.06. The van der Waals surface area contributed by atoms with E-state index in [1.807, 2.05) is 26.0 Å². The fourth-order valence-corrected chi connectivity index (χ4v) is 1.96. The third kappa shape index (κ3) is 4.65. The molecule has 0 saturated carbocycles. The number of nitrogens with one attached hydrogen (secondary N) is 3. The lowest BCUT2D eigenvalue weighted by molar-refractivity contribution is -0.125. The predicted octanol–water partition coefficient (Wildman–Crippen LogP) is 1.11. The topological polar surface area (TPSA) is 113 Å². The summed E-state index contributed by atoms with van der Waals surface area (Å²) in [4.78, 5) is 30.8. The van der Waals surface area contributed by atoms with Crippen molar-refractivity contribution in [2.45, 2.75) is 19.9 Å². The van der Waals surface area contributed by atoms with E-state index in [9.17, 15) is 9.59 Å². The second-order valence-electron chi connectivity index (χ2n) is 5.55. The van der Waals surface area contributed by atoms with Gasteiger partial charge in [-0.15, -0.1) is 0 Å². The number of imidazole rings is 1. The Morgan fingerprint density at radius 3 is 2.78 bits per heavy atom. The molecule has 2 amide bonds. The van der Waals surface area contributed by atoms with Gasteiger partial charge in [-0.2, -0.15) is 0 Å². The molecule has 7 nitrogen and oxygen atoms in total. The van der Waals surface area contributed by atoms with Crippen LogP contribution in [0.2, 0.25) is 0 Å². The minimum absolute atomic E-state index is 0.0167. The van der Waals surface area contributed by atoms with E-state index < -0.39 is 6.04 Å². The number of nitrogens with two attached hydrogens (primary N) is 1. The molecule has 2 rings (SSSR count). The van der Waals surface area contributed by atoms with Crippen LogP contribution in [-0.2, 0) is 9.59 Å². The lowest BCUT2D eigenvalue weighted by Gasteiger charge is -2.15. The molecule has 0 saturated heterocycles. The van der Waals surface area contributed by atoms with Crippen molar-refractivity contribution in [3.05, 3.63) is 36.7 Å². The number of nitrogens with zero attached hydrogens (tertiary/aromatic N) is 1. The molecule has 122 valence electrons. The Hall–Kier alpha value is -2.67. The summed E-state index contributed by atoms with van der Waals surface area (Å²) in [6.45, 7) is 3.58. The molecule has 7 heteroatoms. The number of carbonyl (C=O) groups excluding carboxylic acids is 2. The monoisotopic (exact) mass is 315 g/mol. The van der Waals surface area contributed by atoms with Crippen molar-refractivity contribution < 1.29 is 9.59 Å². The van der Waals surface area contributed by atoms with Crippen molar-refractivity contribution in [2.24, 2.45) is 11.7 Å². The molecular formula is C16H21N5O2. The van der Waals surface area contributed by atoms with Crippen LogP contribution in [-0.4, -0.2) is 34.4 Å². The van der Waals surface area contributed by atoms with Gasteiger partial charge in [0.05, 0.1) is 12.6 Å². The van der Waals surface area contributed by atoms with Gasteiger partial charge in [-0.1, -0.05) is 26.0 Å². The fourth-order valence-electron chi connectivity index (χ4n) is 1.96. The Kier molecular flexibility index (Phi) is 5.48. The number of aromatic nitrogens is 2. The third-order valence-corrected chi connectivity index (χ3v) is 3.36. The van der Waals surface area contributed by atoms with E-state index in [-0.39, 0.29) is 24.3 Å². The smallest absolute Gasteiger partial charge is 0.243 e. The molecule has 23 heavy (non-hydrogen) atoms. The van der Waals surface area contributed by atoms with Gasteiger partial charge < -0.3 is 21.4 Å². The molecule has 5 N–H and O–H groups in total. The van der Waals surface area contributed by atoms with Crippen molar-refractivity contribution in [3.63, 3.8) is 0 Å². The molecule has 0 spiro atoms. The largest absolute Gasteiger partial charge is 0.346 e. The number of benzene rings is 1. The maximum absolute atomic E-state index is 11.9. The van der Waals surface area contributed by atoms with Crippen LogP contribution in [0.4, 0.5) is 5.69 Å². The molecule has 1 aromatic carbocycles. The molecule has 1 heterocycles. The van der Waals surface area contributed by atoms with Gasteiger partial charge in [0.25, 0.3) is 0 Å². The Bertz CT molecular complexity index is 667. The molecule has 0 aliphatic carbocycles. The van der Waals surface area contributed by atoms with Gasteiger partial charge in [0.1, 0.15) is 5.82 Å². The van der Waals surface area contributed by atoms with Crippen LogP contribution in [0.25, 0.3) is 11.4 Å². The summed E-state index contributed by atoms with van der Waals surface area (Å²) < 4.78 is 0. The molecule has 2 aromatic rings. The number of hydrogen-bond donors (Lipinski definition) is 4.